The first-order valence-corrected chi connectivity index (χ1v) is 11.6. The Balaban J connectivity index is 1.23. The molecular weight excluding hydrogens is 376 g/mol. The molecule has 0 amide bonds. The van der Waals surface area contributed by atoms with Gasteiger partial charge in [-0.15, -0.1) is 6.58 Å². The van der Waals surface area contributed by atoms with Crippen molar-refractivity contribution in [2.45, 2.75) is 64.2 Å². The van der Waals surface area contributed by atoms with Crippen LogP contribution in [0.4, 0.5) is 8.78 Å². The van der Waals surface area contributed by atoms with Crippen molar-refractivity contribution in [1.29, 1.82) is 0 Å². The Morgan fingerprint density at radius 3 is 2.17 bits per heavy atom. The second-order valence-corrected chi connectivity index (χ2v) is 9.41. The summed E-state index contributed by atoms with van der Waals surface area (Å²) < 4.78 is 26.6. The van der Waals surface area contributed by atoms with Gasteiger partial charge in [0.15, 0.2) is 11.6 Å². The minimum atomic E-state index is -0.831. The van der Waals surface area contributed by atoms with E-state index >= 15 is 0 Å². The Bertz CT molecular complexity index is 828. The molecule has 30 heavy (non-hydrogen) atoms. The second kappa shape index (κ2) is 9.85. The van der Waals surface area contributed by atoms with Crippen molar-refractivity contribution < 1.29 is 8.78 Å². The normalized spacial score (nSPS) is 27.0. The monoisotopic (exact) mass is 409 g/mol. The van der Waals surface area contributed by atoms with Gasteiger partial charge in [-0.3, -0.25) is 4.98 Å². The first kappa shape index (κ1) is 21.2. The van der Waals surface area contributed by atoms with Gasteiger partial charge in [-0.25, -0.2) is 8.78 Å². The van der Waals surface area contributed by atoms with Crippen LogP contribution in [0.1, 0.15) is 63.4 Å². The average Bonchev–Trinajstić information content (AvgIpc) is 2.80. The molecule has 2 aliphatic rings. The fourth-order valence-corrected chi connectivity index (χ4v) is 5.57. The van der Waals surface area contributed by atoms with Gasteiger partial charge in [0, 0.05) is 11.8 Å². The third-order valence-electron chi connectivity index (χ3n) is 7.59. The number of benzene rings is 1. The van der Waals surface area contributed by atoms with Gasteiger partial charge >= 0.3 is 0 Å². The Kier molecular flexibility index (Phi) is 6.97. The van der Waals surface area contributed by atoms with Crippen LogP contribution in [0, 0.1) is 35.3 Å². The molecule has 1 aromatic carbocycles. The first-order valence-electron chi connectivity index (χ1n) is 11.6. The van der Waals surface area contributed by atoms with E-state index in [4.69, 9.17) is 0 Å². The summed E-state index contributed by atoms with van der Waals surface area (Å²) in [6, 6.07) is 7.93. The van der Waals surface area contributed by atoms with Crippen LogP contribution in [0.15, 0.2) is 49.2 Å². The van der Waals surface area contributed by atoms with E-state index in [1.165, 1.54) is 69.4 Å². The number of rotatable bonds is 6. The van der Waals surface area contributed by atoms with Crippen LogP contribution < -0.4 is 0 Å². The molecule has 3 heteroatoms. The molecule has 0 unspecified atom stereocenters. The molecule has 2 saturated carbocycles. The Morgan fingerprint density at radius 1 is 0.867 bits per heavy atom. The molecule has 2 fully saturated rings. The topological polar surface area (TPSA) is 12.9 Å². The number of hydrogen-bond acceptors (Lipinski definition) is 1. The van der Waals surface area contributed by atoms with Gasteiger partial charge in [-0.2, -0.15) is 0 Å². The molecule has 0 aliphatic heterocycles. The molecule has 0 saturated heterocycles. The van der Waals surface area contributed by atoms with Crippen LogP contribution in [0.5, 0.6) is 0 Å². The molecule has 2 aliphatic carbocycles. The molecule has 0 bridgehead atoms. The summed E-state index contributed by atoms with van der Waals surface area (Å²) >= 11 is 0. The molecule has 4 rings (SSSR count). The fourth-order valence-electron chi connectivity index (χ4n) is 5.57. The first-order chi connectivity index (χ1) is 14.6. The van der Waals surface area contributed by atoms with Crippen molar-refractivity contribution in [3.05, 3.63) is 66.4 Å². The molecule has 1 nitrogen and oxygen atoms in total. The van der Waals surface area contributed by atoms with Crippen molar-refractivity contribution in [1.82, 2.24) is 4.98 Å². The average molecular weight is 410 g/mol. The van der Waals surface area contributed by atoms with Gasteiger partial charge in [0.05, 0.1) is 5.69 Å². The van der Waals surface area contributed by atoms with Gasteiger partial charge in [0.25, 0.3) is 0 Å². The predicted octanol–water partition coefficient (Wildman–Crippen LogP) is 7.76. The van der Waals surface area contributed by atoms with E-state index in [9.17, 15) is 8.78 Å². The lowest BCUT2D eigenvalue weighted by Crippen LogP contribution is -2.25. The molecule has 1 aromatic heterocycles. The van der Waals surface area contributed by atoms with Crippen LogP contribution in [-0.2, 0) is 6.42 Å². The zero-order chi connectivity index (χ0) is 20.9. The molecule has 2 aromatic rings. The number of allylic oxidation sites excluding steroid dienone is 1. The van der Waals surface area contributed by atoms with Gasteiger partial charge in [-0.05, 0) is 105 Å². The van der Waals surface area contributed by atoms with Gasteiger partial charge in [0.1, 0.15) is 0 Å². The molecule has 160 valence electrons. The molecular formula is C27H33F2N. The molecule has 0 spiro atoms. The molecule has 0 atom stereocenters. The van der Waals surface area contributed by atoms with E-state index < -0.39 is 11.6 Å². The Labute approximate surface area is 179 Å². The summed E-state index contributed by atoms with van der Waals surface area (Å²) in [5.74, 6) is 1.84. The summed E-state index contributed by atoms with van der Waals surface area (Å²) in [4.78, 5) is 4.47. The predicted molar refractivity (Wildman–Crippen MR) is 119 cm³/mol. The van der Waals surface area contributed by atoms with Crippen LogP contribution in [0.2, 0.25) is 0 Å². The maximum atomic E-state index is 13.4. The Morgan fingerprint density at radius 2 is 1.57 bits per heavy atom. The van der Waals surface area contributed by atoms with Gasteiger partial charge < -0.3 is 0 Å². The van der Waals surface area contributed by atoms with Crippen LogP contribution in [0.25, 0.3) is 11.3 Å². The zero-order valence-electron chi connectivity index (χ0n) is 17.8. The van der Waals surface area contributed by atoms with Crippen molar-refractivity contribution in [3.8, 4) is 11.3 Å². The third kappa shape index (κ3) is 5.17. The summed E-state index contributed by atoms with van der Waals surface area (Å²) in [5.41, 5.74) is 2.52. The lowest BCUT2D eigenvalue weighted by atomic mass is 9.68. The number of aryl methyl sites for hydroxylation is 1. The van der Waals surface area contributed by atoms with Crippen molar-refractivity contribution in [2.75, 3.05) is 0 Å². The highest BCUT2D eigenvalue weighted by molar-refractivity contribution is 5.59. The maximum absolute atomic E-state index is 13.4. The highest BCUT2D eigenvalue weighted by Gasteiger charge is 2.30. The number of nitrogens with zero attached hydrogens (tertiary/aromatic N) is 1. The number of halogens is 2. The fraction of sp³-hybridized carbons (Fsp3) is 0.519. The minimum Gasteiger partial charge on any atom is -0.256 e. The van der Waals surface area contributed by atoms with E-state index in [0.29, 0.717) is 11.3 Å². The van der Waals surface area contributed by atoms with Crippen LogP contribution in [0.3, 0.4) is 0 Å². The minimum absolute atomic E-state index is 0.612. The van der Waals surface area contributed by atoms with Crippen molar-refractivity contribution >= 4 is 0 Å². The summed E-state index contributed by atoms with van der Waals surface area (Å²) in [6.45, 7) is 3.97. The van der Waals surface area contributed by atoms with Gasteiger partial charge in [-0.1, -0.05) is 25.0 Å². The number of pyridine rings is 1. The quantitative estimate of drug-likeness (QED) is 0.444. The maximum Gasteiger partial charge on any atom is 0.159 e. The van der Waals surface area contributed by atoms with Crippen molar-refractivity contribution in [3.63, 3.8) is 0 Å². The standard InChI is InChI=1S/C27H33F2N/c1-2-19-5-10-22(11-6-19)23-12-7-20(8-13-23)3-4-21-9-16-27(30-18-21)24-14-15-25(28)26(29)17-24/h2,9,14-20,22-23H,1,3-8,10-13H2/t19-,20?,22-,23?. The van der Waals surface area contributed by atoms with Crippen molar-refractivity contribution in [2.24, 2.45) is 23.7 Å². The van der Waals surface area contributed by atoms with Crippen LogP contribution >= 0.6 is 0 Å². The molecule has 0 radical (unpaired) electrons. The third-order valence-corrected chi connectivity index (χ3v) is 7.59. The number of aromatic nitrogens is 1. The summed E-state index contributed by atoms with van der Waals surface area (Å²) in [6.07, 6.45) is 17.4. The molecule has 1 heterocycles. The largest absolute Gasteiger partial charge is 0.256 e. The van der Waals surface area contributed by atoms with Gasteiger partial charge in [0.2, 0.25) is 0 Å². The number of hydrogen-bond donors (Lipinski definition) is 0. The van der Waals surface area contributed by atoms with E-state index in [0.717, 1.165) is 36.2 Å². The van der Waals surface area contributed by atoms with E-state index in [2.05, 4.69) is 23.7 Å². The smallest absolute Gasteiger partial charge is 0.159 e. The van der Waals surface area contributed by atoms with Crippen LogP contribution in [-0.4, -0.2) is 4.98 Å². The lowest BCUT2D eigenvalue weighted by molar-refractivity contribution is 0.153. The zero-order valence-corrected chi connectivity index (χ0v) is 17.8. The Hall–Kier alpha value is -2.03. The second-order valence-electron chi connectivity index (χ2n) is 9.41. The lowest BCUT2D eigenvalue weighted by Gasteiger charge is -2.37. The molecule has 0 N–H and O–H groups in total. The van der Waals surface area contributed by atoms with E-state index in [1.807, 2.05) is 12.3 Å². The van der Waals surface area contributed by atoms with E-state index in [1.54, 1.807) is 6.07 Å². The summed E-state index contributed by atoms with van der Waals surface area (Å²) in [7, 11) is 0. The van der Waals surface area contributed by atoms with E-state index in [-0.39, 0.29) is 0 Å². The highest BCUT2D eigenvalue weighted by Crippen LogP contribution is 2.42. The SMILES string of the molecule is C=C[C@H]1CC[C@H](C2CCC(CCc3ccc(-c4ccc(F)c(F)c4)nc3)CC2)CC1. The highest BCUT2D eigenvalue weighted by atomic mass is 19.2. The summed E-state index contributed by atoms with van der Waals surface area (Å²) in [5, 5.41) is 0.